The molecule has 21 heavy (non-hydrogen) atoms. The topological polar surface area (TPSA) is 57.0 Å². The average molecular weight is 302 g/mol. The first-order valence-corrected chi connectivity index (χ1v) is 7.18. The predicted octanol–water partition coefficient (Wildman–Crippen LogP) is 3.51. The summed E-state index contributed by atoms with van der Waals surface area (Å²) >= 11 is 6.15. The van der Waals surface area contributed by atoms with E-state index in [-0.39, 0.29) is 11.8 Å². The van der Waals surface area contributed by atoms with Crippen molar-refractivity contribution >= 4 is 28.3 Å². The molecule has 2 aromatic rings. The summed E-state index contributed by atoms with van der Waals surface area (Å²) in [7, 11) is 0. The van der Waals surface area contributed by atoms with Crippen molar-refractivity contribution in [2.75, 3.05) is 13.1 Å². The maximum absolute atomic E-state index is 12.5. The zero-order valence-electron chi connectivity index (χ0n) is 12.0. The lowest BCUT2D eigenvalue weighted by Gasteiger charge is -2.21. The number of halogens is 1. The van der Waals surface area contributed by atoms with Gasteiger partial charge < -0.3 is 4.90 Å². The zero-order valence-corrected chi connectivity index (χ0v) is 12.8. The molecule has 5 heteroatoms. The van der Waals surface area contributed by atoms with Gasteiger partial charge in [-0.25, -0.2) is 4.98 Å². The van der Waals surface area contributed by atoms with Crippen molar-refractivity contribution in [1.29, 1.82) is 5.26 Å². The Morgan fingerprint density at radius 2 is 2.19 bits per heavy atom. The van der Waals surface area contributed by atoms with Gasteiger partial charge in [0.1, 0.15) is 10.8 Å². The molecule has 0 bridgehead atoms. The van der Waals surface area contributed by atoms with Crippen molar-refractivity contribution in [2.24, 2.45) is 5.92 Å². The molecule has 108 valence electrons. The van der Waals surface area contributed by atoms with Crippen molar-refractivity contribution in [1.82, 2.24) is 9.88 Å². The van der Waals surface area contributed by atoms with Crippen LogP contribution in [0.1, 0.15) is 24.3 Å². The van der Waals surface area contributed by atoms with Crippen LogP contribution >= 0.6 is 11.6 Å². The van der Waals surface area contributed by atoms with Crippen molar-refractivity contribution in [2.45, 2.75) is 13.8 Å². The molecule has 4 nitrogen and oxygen atoms in total. The van der Waals surface area contributed by atoms with Crippen LogP contribution in [0.4, 0.5) is 0 Å². The highest BCUT2D eigenvalue weighted by Crippen LogP contribution is 2.23. The molecular weight excluding hydrogens is 286 g/mol. The Morgan fingerprint density at radius 3 is 2.86 bits per heavy atom. The number of hydrogen-bond donors (Lipinski definition) is 0. The minimum Gasteiger partial charge on any atom is -0.336 e. The van der Waals surface area contributed by atoms with Gasteiger partial charge in [0.15, 0.2) is 0 Å². The highest BCUT2D eigenvalue weighted by molar-refractivity contribution is 6.34. The highest BCUT2D eigenvalue weighted by Gasteiger charge is 2.19. The fourth-order valence-corrected chi connectivity index (χ4v) is 2.42. The molecule has 1 aromatic heterocycles. The fraction of sp³-hybridized carbons (Fsp3) is 0.312. The van der Waals surface area contributed by atoms with Crippen LogP contribution in [0.5, 0.6) is 0 Å². The lowest BCUT2D eigenvalue weighted by atomic mass is 10.1. The Bertz CT molecular complexity index is 708. The van der Waals surface area contributed by atoms with Crippen LogP contribution in [0.2, 0.25) is 5.15 Å². The highest BCUT2D eigenvalue weighted by atomic mass is 35.5. The van der Waals surface area contributed by atoms with Crippen molar-refractivity contribution in [3.63, 3.8) is 0 Å². The van der Waals surface area contributed by atoms with E-state index in [0.29, 0.717) is 23.9 Å². The van der Waals surface area contributed by atoms with E-state index < -0.39 is 0 Å². The largest absolute Gasteiger partial charge is 0.336 e. The number of nitriles is 1. The van der Waals surface area contributed by atoms with E-state index >= 15 is 0 Å². The Kier molecular flexibility index (Phi) is 4.77. The van der Waals surface area contributed by atoms with Gasteiger partial charge in [0, 0.05) is 18.5 Å². The minimum atomic E-state index is -0.218. The number of nitrogens with zero attached hydrogens (tertiary/aromatic N) is 3. The zero-order chi connectivity index (χ0) is 15.4. The molecule has 1 heterocycles. The molecule has 0 aliphatic rings. The molecule has 0 aliphatic heterocycles. The number of aromatic nitrogens is 1. The molecule has 0 saturated carbocycles. The average Bonchev–Trinajstić information content (AvgIpc) is 2.51. The van der Waals surface area contributed by atoms with Crippen molar-refractivity contribution < 1.29 is 4.79 Å². The van der Waals surface area contributed by atoms with Gasteiger partial charge in [-0.3, -0.25) is 4.79 Å². The predicted molar refractivity (Wildman–Crippen MR) is 83.1 cm³/mol. The summed E-state index contributed by atoms with van der Waals surface area (Å²) in [5.41, 5.74) is 0.311. The fourth-order valence-electron chi connectivity index (χ4n) is 2.15. The molecule has 1 amide bonds. The quantitative estimate of drug-likeness (QED) is 0.812. The van der Waals surface area contributed by atoms with Crippen LogP contribution in [-0.4, -0.2) is 28.9 Å². The summed E-state index contributed by atoms with van der Waals surface area (Å²) in [6.45, 7) is 4.58. The maximum atomic E-state index is 12.5. The Balaban J connectivity index is 2.36. The summed E-state index contributed by atoms with van der Waals surface area (Å²) < 4.78 is 0. The second kappa shape index (κ2) is 6.55. The molecule has 0 fully saturated rings. The SMILES string of the molecule is CCN(CC(C)C#N)C(=O)c1cc2ccccc2c(Cl)n1. The van der Waals surface area contributed by atoms with Gasteiger partial charge in [-0.05, 0) is 25.3 Å². The Morgan fingerprint density at radius 1 is 1.48 bits per heavy atom. The third-order valence-corrected chi connectivity index (χ3v) is 3.58. The van der Waals surface area contributed by atoms with Gasteiger partial charge >= 0.3 is 0 Å². The normalized spacial score (nSPS) is 11.9. The second-order valence-corrected chi connectivity index (χ2v) is 5.25. The molecule has 0 aliphatic carbocycles. The minimum absolute atomic E-state index is 0.202. The third-order valence-electron chi connectivity index (χ3n) is 3.30. The van der Waals surface area contributed by atoms with Crippen LogP contribution in [0.25, 0.3) is 10.8 Å². The molecule has 0 saturated heterocycles. The van der Waals surface area contributed by atoms with E-state index in [1.54, 1.807) is 17.9 Å². The lowest BCUT2D eigenvalue weighted by Crippen LogP contribution is -2.34. The third kappa shape index (κ3) is 3.32. The van der Waals surface area contributed by atoms with Crippen LogP contribution in [0.3, 0.4) is 0 Å². The molecular formula is C16H16ClN3O. The van der Waals surface area contributed by atoms with Crippen LogP contribution < -0.4 is 0 Å². The van der Waals surface area contributed by atoms with Crippen LogP contribution in [-0.2, 0) is 0 Å². The van der Waals surface area contributed by atoms with E-state index in [0.717, 1.165) is 10.8 Å². The molecule has 1 atom stereocenters. The van der Waals surface area contributed by atoms with Gasteiger partial charge in [-0.15, -0.1) is 0 Å². The number of carbonyl (C=O) groups is 1. The molecule has 0 radical (unpaired) electrons. The number of amides is 1. The number of rotatable bonds is 4. The summed E-state index contributed by atoms with van der Waals surface area (Å²) in [5, 5.41) is 10.9. The standard InChI is InChI=1S/C16H16ClN3O/c1-3-20(10-11(2)9-18)16(21)14-8-12-6-4-5-7-13(12)15(17)19-14/h4-8,11H,3,10H2,1-2H3. The van der Waals surface area contributed by atoms with Gasteiger partial charge in [-0.2, -0.15) is 5.26 Å². The first-order chi connectivity index (χ1) is 10.1. The second-order valence-electron chi connectivity index (χ2n) is 4.89. The van der Waals surface area contributed by atoms with Gasteiger partial charge in [0.25, 0.3) is 5.91 Å². The van der Waals surface area contributed by atoms with E-state index in [2.05, 4.69) is 11.1 Å². The van der Waals surface area contributed by atoms with E-state index in [1.807, 2.05) is 31.2 Å². The first kappa shape index (κ1) is 15.3. The maximum Gasteiger partial charge on any atom is 0.272 e. The summed E-state index contributed by atoms with van der Waals surface area (Å²) in [4.78, 5) is 18.3. The number of hydrogen-bond acceptors (Lipinski definition) is 3. The summed E-state index contributed by atoms with van der Waals surface area (Å²) in [6.07, 6.45) is 0. The smallest absolute Gasteiger partial charge is 0.272 e. The Labute approximate surface area is 129 Å². The number of carbonyl (C=O) groups excluding carboxylic acids is 1. The van der Waals surface area contributed by atoms with E-state index in [1.165, 1.54) is 0 Å². The van der Waals surface area contributed by atoms with Crippen LogP contribution in [0, 0.1) is 17.2 Å². The summed E-state index contributed by atoms with van der Waals surface area (Å²) in [5.74, 6) is -0.419. The molecule has 0 spiro atoms. The van der Waals surface area contributed by atoms with Gasteiger partial charge in [-0.1, -0.05) is 35.9 Å². The molecule has 0 N–H and O–H groups in total. The van der Waals surface area contributed by atoms with Crippen LogP contribution in [0.15, 0.2) is 30.3 Å². The lowest BCUT2D eigenvalue weighted by molar-refractivity contribution is 0.0747. The summed E-state index contributed by atoms with van der Waals surface area (Å²) in [6, 6.07) is 11.4. The molecule has 2 rings (SSSR count). The Hall–Kier alpha value is -2.12. The van der Waals surface area contributed by atoms with Crippen molar-refractivity contribution in [3.05, 3.63) is 41.2 Å². The first-order valence-electron chi connectivity index (χ1n) is 6.81. The van der Waals surface area contributed by atoms with Gasteiger partial charge in [0.2, 0.25) is 0 Å². The number of pyridine rings is 1. The molecule has 1 aromatic carbocycles. The number of benzene rings is 1. The molecule has 1 unspecified atom stereocenters. The van der Waals surface area contributed by atoms with E-state index in [9.17, 15) is 4.79 Å². The van der Waals surface area contributed by atoms with E-state index in [4.69, 9.17) is 16.9 Å². The number of fused-ring (bicyclic) bond motifs is 1. The monoisotopic (exact) mass is 301 g/mol. The van der Waals surface area contributed by atoms with Gasteiger partial charge in [0.05, 0.1) is 12.0 Å². The van der Waals surface area contributed by atoms with Crippen molar-refractivity contribution in [3.8, 4) is 6.07 Å².